The minimum absolute atomic E-state index is 0.968. The molecule has 0 aliphatic carbocycles. The third-order valence-corrected chi connectivity index (χ3v) is 1.49. The van der Waals surface area contributed by atoms with Crippen molar-refractivity contribution >= 4 is 15.9 Å². The molecule has 0 unspecified atom stereocenters. The van der Waals surface area contributed by atoms with Crippen LogP contribution in [0.25, 0.3) is 0 Å². The highest BCUT2D eigenvalue weighted by Crippen LogP contribution is 2.11. The van der Waals surface area contributed by atoms with Crippen LogP contribution in [0.2, 0.25) is 0 Å². The topological polar surface area (TPSA) is 0 Å². The van der Waals surface area contributed by atoms with Gasteiger partial charge in [0.2, 0.25) is 0 Å². The number of halogens is 1. The first kappa shape index (κ1) is 6.96. The Labute approximate surface area is 53.1 Å². The molecule has 0 aromatic carbocycles. The van der Waals surface area contributed by atoms with E-state index in [-0.39, 0.29) is 0 Å². The molecule has 40 valence electrons. The molecule has 0 heterocycles. The molecule has 7 heavy (non-hydrogen) atoms. The van der Waals surface area contributed by atoms with E-state index in [4.69, 9.17) is 0 Å². The van der Waals surface area contributed by atoms with Crippen molar-refractivity contribution in [2.45, 2.75) is 13.8 Å². The SMILES string of the molecule is C=C(Br)/C(C)=C\C. The first-order valence-electron chi connectivity index (χ1n) is 2.16. The summed E-state index contributed by atoms with van der Waals surface area (Å²) in [4.78, 5) is 0. The number of allylic oxidation sites excluding steroid dienone is 3. The average molecular weight is 161 g/mol. The minimum atomic E-state index is 0.968. The van der Waals surface area contributed by atoms with E-state index in [9.17, 15) is 0 Å². The molecule has 0 bridgehead atoms. The molecule has 0 aromatic heterocycles. The van der Waals surface area contributed by atoms with Gasteiger partial charge in [-0.15, -0.1) is 0 Å². The second kappa shape index (κ2) is 3.03. The van der Waals surface area contributed by atoms with Crippen LogP contribution in [-0.4, -0.2) is 0 Å². The van der Waals surface area contributed by atoms with Gasteiger partial charge in [-0.3, -0.25) is 0 Å². The van der Waals surface area contributed by atoms with Crippen molar-refractivity contribution in [2.24, 2.45) is 0 Å². The quantitative estimate of drug-likeness (QED) is 0.518. The summed E-state index contributed by atoms with van der Waals surface area (Å²) in [5.41, 5.74) is 1.19. The van der Waals surface area contributed by atoms with Crippen LogP contribution < -0.4 is 0 Å². The van der Waals surface area contributed by atoms with Crippen molar-refractivity contribution < 1.29 is 0 Å². The number of hydrogen-bond acceptors (Lipinski definition) is 0. The summed E-state index contributed by atoms with van der Waals surface area (Å²) in [6.07, 6.45) is 2.01. The standard InChI is InChI=1S/C6H9Br/c1-4-5(2)6(3)7/h4H,3H2,1-2H3/b5-4-. The maximum atomic E-state index is 3.67. The first-order valence-corrected chi connectivity index (χ1v) is 2.95. The fourth-order valence-corrected chi connectivity index (χ4v) is 0.386. The van der Waals surface area contributed by atoms with Crippen LogP contribution in [0.15, 0.2) is 22.7 Å². The molecule has 0 aromatic rings. The Balaban J connectivity index is 3.82. The summed E-state index contributed by atoms with van der Waals surface area (Å²) in [6.45, 7) is 7.67. The minimum Gasteiger partial charge on any atom is -0.0845 e. The molecule has 0 N–H and O–H groups in total. The van der Waals surface area contributed by atoms with Crippen molar-refractivity contribution in [1.29, 1.82) is 0 Å². The molecule has 0 amide bonds. The first-order chi connectivity index (χ1) is 3.18. The van der Waals surface area contributed by atoms with Gasteiger partial charge in [0, 0.05) is 4.48 Å². The maximum absolute atomic E-state index is 3.67. The summed E-state index contributed by atoms with van der Waals surface area (Å²) in [7, 11) is 0. The summed E-state index contributed by atoms with van der Waals surface area (Å²) < 4.78 is 0.968. The summed E-state index contributed by atoms with van der Waals surface area (Å²) >= 11 is 3.24. The van der Waals surface area contributed by atoms with E-state index in [0.717, 1.165) is 4.48 Å². The average Bonchev–Trinajstić information content (AvgIpc) is 1.65. The van der Waals surface area contributed by atoms with Gasteiger partial charge in [0.25, 0.3) is 0 Å². The molecule has 0 atom stereocenters. The number of hydrogen-bond donors (Lipinski definition) is 0. The highest BCUT2D eigenvalue weighted by Gasteiger charge is 1.83. The third kappa shape index (κ3) is 2.63. The lowest BCUT2D eigenvalue weighted by molar-refractivity contribution is 1.47. The molecule has 0 fully saturated rings. The van der Waals surface area contributed by atoms with Gasteiger partial charge in [-0.25, -0.2) is 0 Å². The van der Waals surface area contributed by atoms with Gasteiger partial charge >= 0.3 is 0 Å². The van der Waals surface area contributed by atoms with Crippen molar-refractivity contribution in [3.05, 3.63) is 22.7 Å². The van der Waals surface area contributed by atoms with Gasteiger partial charge < -0.3 is 0 Å². The van der Waals surface area contributed by atoms with Gasteiger partial charge in [0.15, 0.2) is 0 Å². The van der Waals surface area contributed by atoms with Crippen molar-refractivity contribution in [1.82, 2.24) is 0 Å². The molecule has 0 nitrogen and oxygen atoms in total. The fourth-order valence-electron chi connectivity index (χ4n) is 0.157. The van der Waals surface area contributed by atoms with E-state index in [2.05, 4.69) is 22.5 Å². The van der Waals surface area contributed by atoms with E-state index in [1.54, 1.807) is 0 Å². The van der Waals surface area contributed by atoms with Crippen LogP contribution in [0, 0.1) is 0 Å². The highest BCUT2D eigenvalue weighted by molar-refractivity contribution is 9.11. The Morgan fingerprint density at radius 1 is 1.71 bits per heavy atom. The highest BCUT2D eigenvalue weighted by atomic mass is 79.9. The molecule has 0 rings (SSSR count). The Morgan fingerprint density at radius 3 is 2.14 bits per heavy atom. The summed E-state index contributed by atoms with van der Waals surface area (Å²) in [6, 6.07) is 0. The Bertz CT molecular complexity index is 101. The van der Waals surface area contributed by atoms with Crippen molar-refractivity contribution in [3.63, 3.8) is 0 Å². The second-order valence-electron chi connectivity index (χ2n) is 1.38. The number of rotatable bonds is 1. The molecule has 0 aliphatic rings. The van der Waals surface area contributed by atoms with Crippen LogP contribution >= 0.6 is 15.9 Å². The largest absolute Gasteiger partial charge is 0.0845 e. The summed E-state index contributed by atoms with van der Waals surface area (Å²) in [5, 5.41) is 0. The van der Waals surface area contributed by atoms with Gasteiger partial charge in [-0.2, -0.15) is 0 Å². The lowest BCUT2D eigenvalue weighted by Crippen LogP contribution is -1.66. The van der Waals surface area contributed by atoms with Crippen molar-refractivity contribution in [2.75, 3.05) is 0 Å². The Hall–Kier alpha value is -0.0400. The third-order valence-electron chi connectivity index (χ3n) is 0.861. The molecular weight excluding hydrogens is 152 g/mol. The Morgan fingerprint density at radius 2 is 2.14 bits per heavy atom. The normalized spacial score (nSPS) is 11.6. The van der Waals surface area contributed by atoms with E-state index in [1.807, 2.05) is 19.9 Å². The smallest absolute Gasteiger partial charge is 0.0129 e. The lowest BCUT2D eigenvalue weighted by atomic mass is 10.3. The lowest BCUT2D eigenvalue weighted by Gasteiger charge is -1.89. The van der Waals surface area contributed by atoms with E-state index >= 15 is 0 Å². The zero-order valence-electron chi connectivity index (χ0n) is 4.66. The zero-order chi connectivity index (χ0) is 5.86. The molecule has 1 heteroatoms. The van der Waals surface area contributed by atoms with Gasteiger partial charge in [0.1, 0.15) is 0 Å². The maximum Gasteiger partial charge on any atom is 0.0129 e. The predicted octanol–water partition coefficient (Wildman–Crippen LogP) is 2.86. The van der Waals surface area contributed by atoms with E-state index in [1.165, 1.54) is 5.57 Å². The fraction of sp³-hybridized carbons (Fsp3) is 0.333. The monoisotopic (exact) mass is 160 g/mol. The van der Waals surface area contributed by atoms with Gasteiger partial charge in [-0.05, 0) is 19.4 Å². The summed E-state index contributed by atoms with van der Waals surface area (Å²) in [5.74, 6) is 0. The zero-order valence-corrected chi connectivity index (χ0v) is 6.25. The van der Waals surface area contributed by atoms with Crippen LogP contribution in [0.4, 0.5) is 0 Å². The molecule has 0 saturated heterocycles. The van der Waals surface area contributed by atoms with Gasteiger partial charge in [0.05, 0.1) is 0 Å². The van der Waals surface area contributed by atoms with Crippen LogP contribution in [0.5, 0.6) is 0 Å². The molecule has 0 saturated carbocycles. The van der Waals surface area contributed by atoms with Crippen molar-refractivity contribution in [3.8, 4) is 0 Å². The van der Waals surface area contributed by atoms with Crippen LogP contribution in [0.1, 0.15) is 13.8 Å². The molecule has 0 aliphatic heterocycles. The predicted molar refractivity (Wildman–Crippen MR) is 37.5 cm³/mol. The van der Waals surface area contributed by atoms with Crippen LogP contribution in [0.3, 0.4) is 0 Å². The van der Waals surface area contributed by atoms with E-state index < -0.39 is 0 Å². The second-order valence-corrected chi connectivity index (χ2v) is 2.33. The van der Waals surface area contributed by atoms with E-state index in [0.29, 0.717) is 0 Å². The van der Waals surface area contributed by atoms with Crippen LogP contribution in [-0.2, 0) is 0 Å². The Kier molecular flexibility index (Phi) is 3.01. The van der Waals surface area contributed by atoms with Gasteiger partial charge in [-0.1, -0.05) is 28.6 Å². The molecule has 0 radical (unpaired) electrons. The molecular formula is C6H9Br. The molecule has 0 spiro atoms.